The van der Waals surface area contributed by atoms with E-state index in [-0.39, 0.29) is 0 Å². The Balaban J connectivity index is -0.000000205. The molecule has 0 aromatic rings. The molecule has 2 nitrogen and oxygen atoms in total. The number of nitrogens with one attached hydrogen (secondary N) is 2. The molecular weight excluding hydrogens is 192 g/mol. The number of rotatable bonds is 6. The molecule has 0 aromatic heterocycles. The third-order valence-corrected chi connectivity index (χ3v) is 1.41. The van der Waals surface area contributed by atoms with Gasteiger partial charge in [0.05, 0.1) is 0 Å². The molecule has 0 saturated carbocycles. The van der Waals surface area contributed by atoms with Gasteiger partial charge < -0.3 is 5.32 Å². The maximum absolute atomic E-state index is 3.54. The summed E-state index contributed by atoms with van der Waals surface area (Å²) >= 11 is 3.54. The molecule has 0 amide bonds. The summed E-state index contributed by atoms with van der Waals surface area (Å²) in [7, 11) is 1.74. The zero-order valence-electron chi connectivity index (χ0n) is 10.7. The van der Waals surface area contributed by atoms with Crippen molar-refractivity contribution >= 4 is 12.8 Å². The molecule has 0 bridgehead atoms. The standard InChI is InChI=1S/C8H19N.C2H6.CH5NS/c1-3-5-7-9-8-6-4-2;1-2;1-2-3/h9H,3-8H2,1-2H3;1-2H3;2-3H,1H3. The highest BCUT2D eigenvalue weighted by molar-refractivity contribution is 7.78. The monoisotopic (exact) mass is 222 g/mol. The first-order valence-corrected chi connectivity index (χ1v) is 6.29. The van der Waals surface area contributed by atoms with Crippen molar-refractivity contribution in [2.75, 3.05) is 20.1 Å². The van der Waals surface area contributed by atoms with E-state index in [9.17, 15) is 0 Å². The van der Waals surface area contributed by atoms with Crippen LogP contribution in [0.1, 0.15) is 53.4 Å². The zero-order valence-corrected chi connectivity index (χ0v) is 11.6. The van der Waals surface area contributed by atoms with Gasteiger partial charge in [-0.3, -0.25) is 4.72 Å². The Morgan fingerprint density at radius 2 is 1.21 bits per heavy atom. The molecule has 0 aliphatic rings. The Morgan fingerprint density at radius 1 is 0.929 bits per heavy atom. The third kappa shape index (κ3) is 39.6. The van der Waals surface area contributed by atoms with E-state index >= 15 is 0 Å². The van der Waals surface area contributed by atoms with Crippen molar-refractivity contribution in [3.63, 3.8) is 0 Å². The smallest absolute Gasteiger partial charge is 0.00490 e. The summed E-state index contributed by atoms with van der Waals surface area (Å²) in [6.45, 7) is 10.9. The second-order valence-electron chi connectivity index (χ2n) is 2.68. The number of hydrogen-bond donors (Lipinski definition) is 3. The number of thiol groups is 1. The van der Waals surface area contributed by atoms with Gasteiger partial charge in [0.1, 0.15) is 0 Å². The van der Waals surface area contributed by atoms with Crippen LogP contribution in [0.5, 0.6) is 0 Å². The predicted molar refractivity (Wildman–Crippen MR) is 72.1 cm³/mol. The van der Waals surface area contributed by atoms with Crippen LogP contribution in [-0.4, -0.2) is 20.1 Å². The minimum Gasteiger partial charge on any atom is -0.317 e. The molecule has 0 spiro atoms. The van der Waals surface area contributed by atoms with Crippen LogP contribution in [-0.2, 0) is 0 Å². The highest BCUT2D eigenvalue weighted by atomic mass is 32.1. The van der Waals surface area contributed by atoms with E-state index < -0.39 is 0 Å². The number of unbranched alkanes of at least 4 members (excludes halogenated alkanes) is 2. The van der Waals surface area contributed by atoms with E-state index in [4.69, 9.17) is 0 Å². The van der Waals surface area contributed by atoms with E-state index in [1.807, 2.05) is 13.8 Å². The highest BCUT2D eigenvalue weighted by Gasteiger charge is 1.83. The molecule has 0 aliphatic heterocycles. The molecule has 0 heterocycles. The van der Waals surface area contributed by atoms with Crippen LogP contribution in [0.4, 0.5) is 0 Å². The van der Waals surface area contributed by atoms with Crippen molar-refractivity contribution in [2.24, 2.45) is 0 Å². The Kier molecular flexibility index (Phi) is 41.3. The fraction of sp³-hybridized carbons (Fsp3) is 1.00. The maximum atomic E-state index is 3.54. The summed E-state index contributed by atoms with van der Waals surface area (Å²) < 4.78 is 2.44. The molecule has 0 aromatic carbocycles. The summed E-state index contributed by atoms with van der Waals surface area (Å²) in [6, 6.07) is 0. The summed E-state index contributed by atoms with van der Waals surface area (Å²) in [4.78, 5) is 0. The summed E-state index contributed by atoms with van der Waals surface area (Å²) in [5.74, 6) is 0. The molecule has 3 heteroatoms. The molecule has 0 aliphatic carbocycles. The van der Waals surface area contributed by atoms with Crippen molar-refractivity contribution in [3.8, 4) is 0 Å². The van der Waals surface area contributed by atoms with Crippen LogP contribution in [0.2, 0.25) is 0 Å². The van der Waals surface area contributed by atoms with E-state index in [0.29, 0.717) is 0 Å². The van der Waals surface area contributed by atoms with Gasteiger partial charge in [0.15, 0.2) is 0 Å². The van der Waals surface area contributed by atoms with Crippen molar-refractivity contribution in [1.29, 1.82) is 0 Å². The minimum absolute atomic E-state index is 1.20. The van der Waals surface area contributed by atoms with Gasteiger partial charge in [-0.1, -0.05) is 53.4 Å². The Labute approximate surface area is 96.8 Å². The van der Waals surface area contributed by atoms with Crippen LogP contribution in [0.25, 0.3) is 0 Å². The molecule has 0 rings (SSSR count). The summed E-state index contributed by atoms with van der Waals surface area (Å²) in [5, 5.41) is 3.39. The first kappa shape index (κ1) is 19.8. The Bertz CT molecular complexity index is 55.2. The minimum atomic E-state index is 1.20. The van der Waals surface area contributed by atoms with Crippen molar-refractivity contribution in [3.05, 3.63) is 0 Å². The highest BCUT2D eigenvalue weighted by Crippen LogP contribution is 1.85. The first-order valence-electron chi connectivity index (χ1n) is 5.84. The quantitative estimate of drug-likeness (QED) is 0.475. The van der Waals surface area contributed by atoms with Gasteiger partial charge in [-0.05, 0) is 33.0 Å². The van der Waals surface area contributed by atoms with Gasteiger partial charge in [0.25, 0.3) is 0 Å². The fourth-order valence-electron chi connectivity index (χ4n) is 0.729. The summed E-state index contributed by atoms with van der Waals surface area (Å²) in [5.41, 5.74) is 0. The lowest BCUT2D eigenvalue weighted by Gasteiger charge is -1.99. The van der Waals surface area contributed by atoms with Gasteiger partial charge in [0, 0.05) is 0 Å². The third-order valence-electron chi connectivity index (χ3n) is 1.41. The molecule has 0 unspecified atom stereocenters. The van der Waals surface area contributed by atoms with E-state index in [2.05, 4.69) is 36.7 Å². The average Bonchev–Trinajstić information content (AvgIpc) is 2.22. The molecule has 0 radical (unpaired) electrons. The van der Waals surface area contributed by atoms with Gasteiger partial charge in [-0.2, -0.15) is 0 Å². The van der Waals surface area contributed by atoms with Gasteiger partial charge in [-0.25, -0.2) is 0 Å². The van der Waals surface area contributed by atoms with E-state index in [1.54, 1.807) is 7.05 Å². The van der Waals surface area contributed by atoms with Crippen LogP contribution in [0, 0.1) is 0 Å². The molecule has 0 fully saturated rings. The van der Waals surface area contributed by atoms with Gasteiger partial charge >= 0.3 is 0 Å². The molecule has 2 N–H and O–H groups in total. The van der Waals surface area contributed by atoms with E-state index in [0.717, 1.165) is 0 Å². The lowest BCUT2D eigenvalue weighted by Crippen LogP contribution is -2.15. The Hall–Kier alpha value is 0.270. The predicted octanol–water partition coefficient (Wildman–Crippen LogP) is 3.25. The second kappa shape index (κ2) is 29.2. The fourth-order valence-corrected chi connectivity index (χ4v) is 0.729. The topological polar surface area (TPSA) is 24.1 Å². The van der Waals surface area contributed by atoms with Crippen LogP contribution in [0.15, 0.2) is 0 Å². The summed E-state index contributed by atoms with van der Waals surface area (Å²) in [6.07, 6.45) is 5.26. The second-order valence-corrected chi connectivity index (χ2v) is 3.13. The lowest BCUT2D eigenvalue weighted by atomic mass is 10.3. The SMILES string of the molecule is CC.CCCCNCCCC.CNS. The number of hydrogen-bond acceptors (Lipinski definition) is 3. The first-order chi connectivity index (χ1) is 6.83. The normalized spacial score (nSPS) is 8.14. The lowest BCUT2D eigenvalue weighted by molar-refractivity contribution is 0.611. The van der Waals surface area contributed by atoms with Crippen molar-refractivity contribution in [1.82, 2.24) is 10.0 Å². The molecule has 14 heavy (non-hydrogen) atoms. The zero-order chi connectivity index (χ0) is 11.7. The maximum Gasteiger partial charge on any atom is -0.00490 e. The largest absolute Gasteiger partial charge is 0.317 e. The van der Waals surface area contributed by atoms with Crippen LogP contribution < -0.4 is 10.0 Å². The Morgan fingerprint density at radius 3 is 1.43 bits per heavy atom. The van der Waals surface area contributed by atoms with Crippen molar-refractivity contribution in [2.45, 2.75) is 53.4 Å². The molecule has 0 saturated heterocycles. The van der Waals surface area contributed by atoms with Crippen LogP contribution >= 0.6 is 12.8 Å². The van der Waals surface area contributed by atoms with Gasteiger partial charge in [-0.15, -0.1) is 0 Å². The van der Waals surface area contributed by atoms with Gasteiger partial charge in [0.2, 0.25) is 0 Å². The van der Waals surface area contributed by atoms with E-state index in [1.165, 1.54) is 38.8 Å². The van der Waals surface area contributed by atoms with Crippen molar-refractivity contribution < 1.29 is 0 Å². The van der Waals surface area contributed by atoms with Crippen LogP contribution in [0.3, 0.4) is 0 Å². The molecular formula is C11H30N2S. The molecule has 90 valence electrons. The molecule has 0 atom stereocenters. The average molecular weight is 222 g/mol.